The van der Waals surface area contributed by atoms with Crippen LogP contribution in [0.5, 0.6) is 0 Å². The Morgan fingerprint density at radius 2 is 1.79 bits per heavy atom. The lowest BCUT2D eigenvalue weighted by atomic mass is 10.1. The third-order valence-corrected chi connectivity index (χ3v) is 6.11. The van der Waals surface area contributed by atoms with Crippen molar-refractivity contribution in [3.05, 3.63) is 46.8 Å². The molecule has 8 heteroatoms. The average Bonchev–Trinajstić information content (AvgIpc) is 3.20. The molecule has 29 heavy (non-hydrogen) atoms. The van der Waals surface area contributed by atoms with Crippen molar-refractivity contribution in [3.63, 3.8) is 0 Å². The molecule has 8 nitrogen and oxygen atoms in total. The predicted molar refractivity (Wildman–Crippen MR) is 109 cm³/mol. The van der Waals surface area contributed by atoms with Gasteiger partial charge in [0, 0.05) is 32.1 Å². The van der Waals surface area contributed by atoms with Gasteiger partial charge in [0.25, 0.3) is 5.91 Å². The number of aliphatic imine (C=N–C) groups is 1. The van der Waals surface area contributed by atoms with Gasteiger partial charge in [0.1, 0.15) is 0 Å². The number of hydrogen-bond donors (Lipinski definition) is 0. The van der Waals surface area contributed by atoms with E-state index in [9.17, 15) is 9.59 Å². The van der Waals surface area contributed by atoms with Gasteiger partial charge in [-0.25, -0.2) is 9.79 Å². The smallest absolute Gasteiger partial charge is 0.328 e. The number of amides is 3. The van der Waals surface area contributed by atoms with Gasteiger partial charge < -0.3 is 14.5 Å². The minimum Gasteiger partial charge on any atom is -0.383 e. The van der Waals surface area contributed by atoms with Gasteiger partial charge in [-0.05, 0) is 31.9 Å². The molecule has 3 aliphatic heterocycles. The lowest BCUT2D eigenvalue weighted by Crippen LogP contribution is -2.64. The molecule has 1 saturated heterocycles. The Morgan fingerprint density at radius 1 is 1.07 bits per heavy atom. The molecule has 0 spiro atoms. The van der Waals surface area contributed by atoms with Crippen molar-refractivity contribution in [2.45, 2.75) is 39.5 Å². The van der Waals surface area contributed by atoms with Crippen LogP contribution in [0.2, 0.25) is 0 Å². The number of imide groups is 1. The Bertz CT molecular complexity index is 925. The van der Waals surface area contributed by atoms with Crippen LogP contribution in [0.15, 0.2) is 40.7 Å². The number of carbonyl (C=O) groups is 2. The molecule has 3 aliphatic rings. The van der Waals surface area contributed by atoms with E-state index in [1.807, 2.05) is 49.9 Å². The maximum Gasteiger partial charge on any atom is 0.328 e. The van der Waals surface area contributed by atoms with E-state index in [2.05, 4.69) is 4.90 Å². The summed E-state index contributed by atoms with van der Waals surface area (Å²) in [4.78, 5) is 38.2. The van der Waals surface area contributed by atoms with E-state index in [1.165, 1.54) is 4.90 Å². The largest absolute Gasteiger partial charge is 0.383 e. The van der Waals surface area contributed by atoms with Crippen molar-refractivity contribution in [2.75, 3.05) is 27.3 Å². The first-order valence-electron chi connectivity index (χ1n) is 9.80. The number of aryl methyl sites for hydroxylation is 1. The van der Waals surface area contributed by atoms with Crippen molar-refractivity contribution in [1.29, 1.82) is 0 Å². The molecule has 1 fully saturated rings. The van der Waals surface area contributed by atoms with Crippen LogP contribution in [0.25, 0.3) is 0 Å². The summed E-state index contributed by atoms with van der Waals surface area (Å²) in [5, 5.41) is 0. The molecule has 0 aliphatic carbocycles. The van der Waals surface area contributed by atoms with E-state index in [0.29, 0.717) is 13.2 Å². The second-order valence-corrected chi connectivity index (χ2v) is 7.72. The number of carbonyl (C=O) groups excluding carboxylic acids is 2. The third kappa shape index (κ3) is 2.90. The molecule has 0 aromatic heterocycles. The normalized spacial score (nSPS) is 23.8. The van der Waals surface area contributed by atoms with Gasteiger partial charge in [0.15, 0.2) is 12.2 Å². The first kappa shape index (κ1) is 19.4. The minimum absolute atomic E-state index is 0.208. The fourth-order valence-corrected chi connectivity index (χ4v) is 4.23. The van der Waals surface area contributed by atoms with Crippen molar-refractivity contribution in [1.82, 2.24) is 19.6 Å². The first-order chi connectivity index (χ1) is 13.9. The minimum atomic E-state index is -0.542. The van der Waals surface area contributed by atoms with E-state index in [1.54, 1.807) is 19.1 Å². The van der Waals surface area contributed by atoms with Crippen LogP contribution < -0.4 is 0 Å². The standard InChI is InChI=1S/C21H27N5O3/c1-13-8-6-7-9-16(13)12-25-19(27)17-18(23(4)21(25)28)22-20-24(10-11-29-5)14(2)15(3)26(17)20/h6-9,17-18H,10-12H2,1-5H3. The number of allylic oxidation sites excluding steroid dienone is 2. The number of nitrogens with zero attached hydrogens (tertiary/aromatic N) is 5. The molecule has 3 amide bonds. The number of benzene rings is 1. The highest BCUT2D eigenvalue weighted by Gasteiger charge is 2.55. The molecule has 0 N–H and O–H groups in total. The number of likely N-dealkylation sites (N-methyl/N-ethyl adjacent to an activating group) is 1. The number of urea groups is 1. The van der Waals surface area contributed by atoms with Crippen molar-refractivity contribution >= 4 is 17.9 Å². The van der Waals surface area contributed by atoms with E-state index in [4.69, 9.17) is 9.73 Å². The second-order valence-electron chi connectivity index (χ2n) is 7.72. The molecule has 4 rings (SSSR count). The van der Waals surface area contributed by atoms with Gasteiger partial charge >= 0.3 is 6.03 Å². The molecular weight excluding hydrogens is 370 g/mol. The van der Waals surface area contributed by atoms with Crippen molar-refractivity contribution < 1.29 is 14.3 Å². The lowest BCUT2D eigenvalue weighted by molar-refractivity contribution is -0.137. The highest BCUT2D eigenvalue weighted by Crippen LogP contribution is 2.37. The maximum absolute atomic E-state index is 13.5. The van der Waals surface area contributed by atoms with Crippen LogP contribution in [0.3, 0.4) is 0 Å². The Hall–Kier alpha value is -2.87. The molecule has 0 saturated carbocycles. The molecule has 2 unspecified atom stereocenters. The summed E-state index contributed by atoms with van der Waals surface area (Å²) in [6, 6.07) is 6.96. The number of fused-ring (bicyclic) bond motifs is 3. The van der Waals surface area contributed by atoms with Gasteiger partial charge in [0.2, 0.25) is 5.96 Å². The summed E-state index contributed by atoms with van der Waals surface area (Å²) in [7, 11) is 3.38. The Balaban J connectivity index is 1.66. The van der Waals surface area contributed by atoms with Crippen LogP contribution in [0.1, 0.15) is 25.0 Å². The highest BCUT2D eigenvalue weighted by molar-refractivity contribution is 6.05. The van der Waals surface area contributed by atoms with Gasteiger partial charge in [-0.15, -0.1) is 0 Å². The molecular formula is C21H27N5O3. The monoisotopic (exact) mass is 397 g/mol. The summed E-state index contributed by atoms with van der Waals surface area (Å²) in [5.74, 6) is 0.513. The first-order valence-corrected chi connectivity index (χ1v) is 9.80. The Labute approximate surface area is 171 Å². The Morgan fingerprint density at radius 3 is 2.48 bits per heavy atom. The van der Waals surface area contributed by atoms with E-state index in [0.717, 1.165) is 28.5 Å². The summed E-state index contributed by atoms with van der Waals surface area (Å²) in [6.45, 7) is 7.46. The number of guanidine groups is 1. The Kier molecular flexibility index (Phi) is 4.82. The summed E-state index contributed by atoms with van der Waals surface area (Å²) < 4.78 is 5.23. The maximum atomic E-state index is 13.5. The zero-order valence-corrected chi connectivity index (χ0v) is 17.5. The van der Waals surface area contributed by atoms with Crippen LogP contribution in [0, 0.1) is 6.92 Å². The lowest BCUT2D eigenvalue weighted by Gasteiger charge is -2.41. The average molecular weight is 397 g/mol. The van der Waals surface area contributed by atoms with Crippen molar-refractivity contribution in [3.8, 4) is 0 Å². The van der Waals surface area contributed by atoms with Gasteiger partial charge in [-0.3, -0.25) is 14.6 Å². The van der Waals surface area contributed by atoms with Crippen LogP contribution in [0.4, 0.5) is 4.79 Å². The molecule has 0 bridgehead atoms. The van der Waals surface area contributed by atoms with Gasteiger partial charge in [-0.2, -0.15) is 0 Å². The molecule has 154 valence electrons. The van der Waals surface area contributed by atoms with E-state index >= 15 is 0 Å². The molecule has 0 radical (unpaired) electrons. The van der Waals surface area contributed by atoms with Crippen LogP contribution in [-0.2, 0) is 16.1 Å². The number of ether oxygens (including phenoxy) is 1. The quantitative estimate of drug-likeness (QED) is 0.760. The predicted octanol–water partition coefficient (Wildman–Crippen LogP) is 1.97. The van der Waals surface area contributed by atoms with E-state index in [-0.39, 0.29) is 18.5 Å². The van der Waals surface area contributed by atoms with Gasteiger partial charge in [-0.1, -0.05) is 24.3 Å². The molecule has 1 aromatic carbocycles. The number of rotatable bonds is 5. The zero-order valence-electron chi connectivity index (χ0n) is 17.5. The van der Waals surface area contributed by atoms with Crippen LogP contribution >= 0.6 is 0 Å². The summed E-state index contributed by atoms with van der Waals surface area (Å²) in [5.41, 5.74) is 4.06. The molecule has 1 aromatic rings. The summed E-state index contributed by atoms with van der Waals surface area (Å²) >= 11 is 0. The topological polar surface area (TPSA) is 68.7 Å². The SMILES string of the molecule is COCCN1C2=NC3C(C(=O)N(Cc4ccccc4C)C(=O)N3C)N2C(C)=C1C. The van der Waals surface area contributed by atoms with Crippen LogP contribution in [-0.4, -0.2) is 77.0 Å². The fourth-order valence-electron chi connectivity index (χ4n) is 4.23. The zero-order chi connectivity index (χ0) is 20.9. The fraction of sp³-hybridized carbons (Fsp3) is 0.476. The second kappa shape index (κ2) is 7.18. The van der Waals surface area contributed by atoms with Crippen molar-refractivity contribution in [2.24, 2.45) is 4.99 Å². The van der Waals surface area contributed by atoms with E-state index < -0.39 is 12.2 Å². The summed E-state index contributed by atoms with van der Waals surface area (Å²) in [6.07, 6.45) is -0.522. The molecule has 2 atom stereocenters. The highest BCUT2D eigenvalue weighted by atomic mass is 16.5. The molecule has 3 heterocycles. The third-order valence-electron chi connectivity index (χ3n) is 6.11. The van der Waals surface area contributed by atoms with Gasteiger partial charge in [0.05, 0.1) is 13.2 Å². The number of methoxy groups -OCH3 is 1. The number of hydrogen-bond acceptors (Lipinski definition) is 6.